The zero-order valence-electron chi connectivity index (χ0n) is 10.4. The third-order valence-corrected chi connectivity index (χ3v) is 3.76. The average Bonchev–Trinajstić information content (AvgIpc) is 2.84. The van der Waals surface area contributed by atoms with Crippen LogP contribution in [0.25, 0.3) is 0 Å². The van der Waals surface area contributed by atoms with Gasteiger partial charge >= 0.3 is 0 Å². The first-order valence-corrected chi connectivity index (χ1v) is 6.79. The maximum absolute atomic E-state index is 12.3. The van der Waals surface area contributed by atoms with E-state index in [1.807, 2.05) is 0 Å². The number of likely N-dealkylation sites (N-methyl/N-ethyl adjacent to an activating group) is 1. The van der Waals surface area contributed by atoms with Crippen LogP contribution in [0.5, 0.6) is 0 Å². The Morgan fingerprint density at radius 2 is 2.39 bits per heavy atom. The van der Waals surface area contributed by atoms with Crippen LogP contribution >= 0.6 is 15.9 Å². The van der Waals surface area contributed by atoms with Crippen molar-refractivity contribution in [3.05, 3.63) is 28.2 Å². The van der Waals surface area contributed by atoms with Crippen LogP contribution in [0.4, 0.5) is 5.69 Å². The fraction of sp³-hybridized carbons (Fsp3) is 0.462. The molecule has 1 aliphatic heterocycles. The molecule has 1 aromatic carbocycles. The molecule has 0 aliphatic carbocycles. The fourth-order valence-electron chi connectivity index (χ4n) is 2.09. The van der Waals surface area contributed by atoms with E-state index in [9.17, 15) is 4.79 Å². The Hall–Kier alpha value is -1.07. The van der Waals surface area contributed by atoms with Crippen molar-refractivity contribution in [2.75, 3.05) is 25.9 Å². The highest BCUT2D eigenvalue weighted by molar-refractivity contribution is 9.10. The highest BCUT2D eigenvalue weighted by Crippen LogP contribution is 2.21. The molecule has 0 bridgehead atoms. The fourth-order valence-corrected chi connectivity index (χ4v) is 2.51. The molecule has 1 heterocycles. The molecule has 2 N–H and O–H groups in total. The largest absolute Gasteiger partial charge is 0.399 e. The van der Waals surface area contributed by atoms with Crippen LogP contribution in [-0.2, 0) is 4.74 Å². The minimum absolute atomic E-state index is 0.0373. The zero-order chi connectivity index (χ0) is 13.1. The minimum Gasteiger partial charge on any atom is -0.399 e. The molecule has 4 nitrogen and oxygen atoms in total. The lowest BCUT2D eigenvalue weighted by molar-refractivity contribution is 0.0586. The lowest BCUT2D eigenvalue weighted by Crippen LogP contribution is -2.34. The minimum atomic E-state index is -0.0373. The number of hydrogen-bond donors (Lipinski definition) is 1. The van der Waals surface area contributed by atoms with Crippen molar-refractivity contribution in [2.45, 2.75) is 18.9 Å². The number of nitrogen functional groups attached to an aromatic ring is 1. The van der Waals surface area contributed by atoms with Gasteiger partial charge in [0, 0.05) is 30.4 Å². The molecule has 0 aromatic heterocycles. The van der Waals surface area contributed by atoms with E-state index in [1.54, 1.807) is 30.1 Å². The maximum Gasteiger partial charge on any atom is 0.254 e. The zero-order valence-corrected chi connectivity index (χ0v) is 11.9. The number of anilines is 1. The van der Waals surface area contributed by atoms with Crippen molar-refractivity contribution >= 4 is 27.5 Å². The molecule has 18 heavy (non-hydrogen) atoms. The predicted octanol–water partition coefficient (Wildman–Crippen LogP) is 2.28. The monoisotopic (exact) mass is 312 g/mol. The number of ether oxygens (including phenoxy) is 1. The molecule has 1 aliphatic rings. The summed E-state index contributed by atoms with van der Waals surface area (Å²) in [6.45, 7) is 1.43. The Bertz CT molecular complexity index is 445. The third-order valence-electron chi connectivity index (χ3n) is 3.07. The van der Waals surface area contributed by atoms with Crippen LogP contribution in [0.2, 0.25) is 0 Å². The number of nitrogens with two attached hydrogens (primary N) is 1. The van der Waals surface area contributed by atoms with E-state index in [4.69, 9.17) is 10.5 Å². The van der Waals surface area contributed by atoms with E-state index < -0.39 is 0 Å². The topological polar surface area (TPSA) is 55.6 Å². The van der Waals surface area contributed by atoms with Crippen molar-refractivity contribution in [1.29, 1.82) is 0 Å². The lowest BCUT2D eigenvalue weighted by Gasteiger charge is -2.21. The number of amides is 1. The van der Waals surface area contributed by atoms with Gasteiger partial charge in [-0.1, -0.05) is 0 Å². The van der Waals surface area contributed by atoms with Gasteiger partial charge in [-0.25, -0.2) is 0 Å². The summed E-state index contributed by atoms with van der Waals surface area (Å²) in [5.41, 5.74) is 6.90. The van der Waals surface area contributed by atoms with E-state index in [0.717, 1.165) is 23.9 Å². The molecule has 0 saturated carbocycles. The third kappa shape index (κ3) is 3.03. The number of benzene rings is 1. The van der Waals surface area contributed by atoms with E-state index in [0.29, 0.717) is 17.8 Å². The van der Waals surface area contributed by atoms with Crippen molar-refractivity contribution in [3.63, 3.8) is 0 Å². The molecule has 0 radical (unpaired) electrons. The van der Waals surface area contributed by atoms with Gasteiger partial charge < -0.3 is 15.4 Å². The van der Waals surface area contributed by atoms with Crippen molar-refractivity contribution in [2.24, 2.45) is 0 Å². The van der Waals surface area contributed by atoms with Crippen LogP contribution in [0.3, 0.4) is 0 Å². The van der Waals surface area contributed by atoms with E-state index in [-0.39, 0.29) is 12.0 Å². The highest BCUT2D eigenvalue weighted by Gasteiger charge is 2.22. The summed E-state index contributed by atoms with van der Waals surface area (Å²) in [6, 6.07) is 5.25. The van der Waals surface area contributed by atoms with Crippen LogP contribution in [-0.4, -0.2) is 37.1 Å². The Morgan fingerprint density at radius 3 is 3.06 bits per heavy atom. The van der Waals surface area contributed by atoms with Gasteiger partial charge in [-0.15, -0.1) is 0 Å². The number of carbonyl (C=O) groups excluding carboxylic acids is 1. The maximum atomic E-state index is 12.3. The summed E-state index contributed by atoms with van der Waals surface area (Å²) in [5.74, 6) is -0.0373. The van der Waals surface area contributed by atoms with Crippen LogP contribution in [0, 0.1) is 0 Å². The Labute approximate surface area is 115 Å². The number of nitrogens with zero attached hydrogens (tertiary/aromatic N) is 1. The lowest BCUT2D eigenvalue weighted by atomic mass is 10.1. The molecule has 98 valence electrons. The van der Waals surface area contributed by atoms with Gasteiger partial charge in [-0.3, -0.25) is 4.79 Å². The molecular weight excluding hydrogens is 296 g/mol. The summed E-state index contributed by atoms with van der Waals surface area (Å²) >= 11 is 3.38. The molecule has 5 heteroatoms. The van der Waals surface area contributed by atoms with Gasteiger partial charge in [0.1, 0.15) is 0 Å². The van der Waals surface area contributed by atoms with Gasteiger partial charge in [0.05, 0.1) is 11.7 Å². The van der Waals surface area contributed by atoms with E-state index in [1.165, 1.54) is 0 Å². The first kappa shape index (κ1) is 13.4. The second-order valence-electron chi connectivity index (χ2n) is 4.56. The number of halogens is 1. The van der Waals surface area contributed by atoms with Crippen LogP contribution < -0.4 is 5.73 Å². The molecule has 2 rings (SSSR count). The molecular formula is C13H17BrN2O2. The van der Waals surface area contributed by atoms with Gasteiger partial charge in [-0.2, -0.15) is 0 Å². The van der Waals surface area contributed by atoms with E-state index >= 15 is 0 Å². The molecule has 1 fully saturated rings. The Balaban J connectivity index is 2.07. The number of rotatable bonds is 3. The van der Waals surface area contributed by atoms with Gasteiger partial charge in [-0.05, 0) is 47.0 Å². The average molecular weight is 313 g/mol. The van der Waals surface area contributed by atoms with E-state index in [2.05, 4.69) is 15.9 Å². The second kappa shape index (κ2) is 5.71. The summed E-state index contributed by atoms with van der Waals surface area (Å²) in [4.78, 5) is 14.0. The quantitative estimate of drug-likeness (QED) is 0.871. The first-order chi connectivity index (χ1) is 8.58. The second-order valence-corrected chi connectivity index (χ2v) is 5.41. The number of carbonyl (C=O) groups is 1. The molecule has 1 unspecified atom stereocenters. The normalized spacial score (nSPS) is 18.9. The van der Waals surface area contributed by atoms with Gasteiger partial charge in [0.2, 0.25) is 0 Å². The highest BCUT2D eigenvalue weighted by atomic mass is 79.9. The first-order valence-electron chi connectivity index (χ1n) is 6.00. The summed E-state index contributed by atoms with van der Waals surface area (Å²) in [7, 11) is 1.79. The smallest absolute Gasteiger partial charge is 0.254 e. The van der Waals surface area contributed by atoms with Gasteiger partial charge in [0.15, 0.2) is 0 Å². The Morgan fingerprint density at radius 1 is 1.61 bits per heavy atom. The van der Waals surface area contributed by atoms with Crippen LogP contribution in [0.1, 0.15) is 23.2 Å². The van der Waals surface area contributed by atoms with Crippen molar-refractivity contribution < 1.29 is 9.53 Å². The number of hydrogen-bond acceptors (Lipinski definition) is 3. The molecule has 1 amide bonds. The Kier molecular flexibility index (Phi) is 4.24. The van der Waals surface area contributed by atoms with Gasteiger partial charge in [0.25, 0.3) is 5.91 Å². The molecule has 0 spiro atoms. The standard InChI is InChI=1S/C13H17BrN2O2/c1-16(8-10-3-2-6-18-10)13(17)11-7-9(15)4-5-12(11)14/h4-5,7,10H,2-3,6,8,15H2,1H3. The molecule has 1 atom stereocenters. The summed E-state index contributed by atoms with van der Waals surface area (Å²) < 4.78 is 6.30. The summed E-state index contributed by atoms with van der Waals surface area (Å²) in [5, 5.41) is 0. The van der Waals surface area contributed by atoms with Crippen LogP contribution in [0.15, 0.2) is 22.7 Å². The summed E-state index contributed by atoms with van der Waals surface area (Å²) in [6.07, 6.45) is 2.27. The SMILES string of the molecule is CN(CC1CCCO1)C(=O)c1cc(N)ccc1Br. The molecule has 1 saturated heterocycles. The van der Waals surface area contributed by atoms with Crippen molar-refractivity contribution in [3.8, 4) is 0 Å². The predicted molar refractivity (Wildman–Crippen MR) is 74.5 cm³/mol. The molecule has 1 aromatic rings. The van der Waals surface area contributed by atoms with Crippen molar-refractivity contribution in [1.82, 2.24) is 4.90 Å².